The Morgan fingerprint density at radius 3 is 2.44 bits per heavy atom. The van der Waals surface area contributed by atoms with Crippen LogP contribution in [0.3, 0.4) is 0 Å². The number of aliphatic hydroxyl groups is 1. The van der Waals surface area contributed by atoms with Gasteiger partial charge in [0.25, 0.3) is 5.08 Å². The van der Waals surface area contributed by atoms with Gasteiger partial charge in [0.2, 0.25) is 6.29 Å². The van der Waals surface area contributed by atoms with Gasteiger partial charge in [-0.1, -0.05) is 17.7 Å². The van der Waals surface area contributed by atoms with E-state index in [1.807, 2.05) is 0 Å². The van der Waals surface area contributed by atoms with Gasteiger partial charge >= 0.3 is 21.3 Å². The molecule has 0 bridgehead atoms. The number of pyridine rings is 1. The molecule has 1 fully saturated rings. The maximum absolute atomic E-state index is 13.0. The van der Waals surface area contributed by atoms with Gasteiger partial charge < -0.3 is 24.4 Å². The molecule has 2 aromatic rings. The number of hydrogen-bond acceptors (Lipinski definition) is 9. The molecule has 32 heavy (non-hydrogen) atoms. The predicted octanol–water partition coefficient (Wildman–Crippen LogP) is 3.62. The molecule has 1 aromatic heterocycles. The van der Waals surface area contributed by atoms with Crippen molar-refractivity contribution in [3.8, 4) is 5.75 Å². The fourth-order valence-electron chi connectivity index (χ4n) is 2.95. The van der Waals surface area contributed by atoms with Gasteiger partial charge in [0, 0.05) is 18.8 Å². The van der Waals surface area contributed by atoms with E-state index in [0.717, 1.165) is 0 Å². The molecule has 1 aliphatic heterocycles. The summed E-state index contributed by atoms with van der Waals surface area (Å²) < 4.78 is 46.2. The molecule has 2 unspecified atom stereocenters. The van der Waals surface area contributed by atoms with Gasteiger partial charge in [-0.3, -0.25) is 23.2 Å². The second-order valence-electron chi connectivity index (χ2n) is 7.46. The zero-order valence-corrected chi connectivity index (χ0v) is 19.2. The molecule has 1 aromatic carbocycles. The zero-order valence-electron chi connectivity index (χ0n) is 17.4. The molecular weight excluding hydrogens is 464 g/mol. The molecule has 2 atom stereocenters. The van der Waals surface area contributed by atoms with E-state index in [1.54, 1.807) is 26.8 Å². The smallest absolute Gasteiger partial charge is 0.431 e. The minimum Gasteiger partial charge on any atom is -0.431 e. The van der Waals surface area contributed by atoms with Crippen LogP contribution in [0.2, 0.25) is 0 Å². The highest BCUT2D eigenvalue weighted by molar-refractivity contribution is 7.73. The first-order valence-electron chi connectivity index (χ1n) is 9.47. The molecule has 0 aliphatic carbocycles. The third kappa shape index (κ3) is 4.94. The van der Waals surface area contributed by atoms with E-state index in [2.05, 4.69) is 4.98 Å². The number of nitrogens with zero attached hydrogens (tertiary/aromatic N) is 1. The fraction of sp³-hybridized carbons (Fsp3) is 0.368. The SMILES string of the molecule is Cc1ccc(OC(=O)OC(C)C)c(C2OP(=O)(O)C(O)(Cc3cccnc3)P(=O)(O)O2)c1. The van der Waals surface area contributed by atoms with Gasteiger partial charge in [0.1, 0.15) is 5.75 Å². The lowest BCUT2D eigenvalue weighted by Gasteiger charge is -2.41. The molecule has 1 aliphatic rings. The lowest BCUT2D eigenvalue weighted by atomic mass is 10.1. The summed E-state index contributed by atoms with van der Waals surface area (Å²) in [4.78, 5) is 36.7. The molecule has 0 radical (unpaired) electrons. The normalized spacial score (nSPS) is 30.2. The zero-order chi connectivity index (χ0) is 23.7. The predicted molar refractivity (Wildman–Crippen MR) is 111 cm³/mol. The lowest BCUT2D eigenvalue weighted by Crippen LogP contribution is -2.38. The van der Waals surface area contributed by atoms with Crippen LogP contribution in [0, 0.1) is 6.92 Å². The van der Waals surface area contributed by atoms with Crippen LogP contribution in [-0.2, 0) is 29.3 Å². The van der Waals surface area contributed by atoms with Crippen molar-refractivity contribution in [1.29, 1.82) is 0 Å². The Labute approximate surface area is 184 Å². The van der Waals surface area contributed by atoms with Crippen LogP contribution in [-0.4, -0.2) is 37.2 Å². The largest absolute Gasteiger partial charge is 0.514 e. The lowest BCUT2D eigenvalue weighted by molar-refractivity contribution is -0.0589. The summed E-state index contributed by atoms with van der Waals surface area (Å²) in [6.07, 6.45) is -1.47. The van der Waals surface area contributed by atoms with Crippen molar-refractivity contribution in [2.24, 2.45) is 0 Å². The van der Waals surface area contributed by atoms with E-state index in [0.29, 0.717) is 5.56 Å². The molecule has 0 saturated carbocycles. The second kappa shape index (κ2) is 9.03. The summed E-state index contributed by atoms with van der Waals surface area (Å²) in [5.41, 5.74) is 0.700. The van der Waals surface area contributed by atoms with Crippen molar-refractivity contribution in [1.82, 2.24) is 4.98 Å². The molecule has 2 heterocycles. The molecule has 11 nitrogen and oxygen atoms in total. The first kappa shape index (κ1) is 24.5. The van der Waals surface area contributed by atoms with E-state index in [-0.39, 0.29) is 16.9 Å². The summed E-state index contributed by atoms with van der Waals surface area (Å²) in [6, 6.07) is 7.24. The highest BCUT2D eigenvalue weighted by Crippen LogP contribution is 2.79. The van der Waals surface area contributed by atoms with Crippen molar-refractivity contribution in [2.45, 2.75) is 44.7 Å². The van der Waals surface area contributed by atoms with Gasteiger partial charge in [-0.2, -0.15) is 0 Å². The van der Waals surface area contributed by atoms with Crippen molar-refractivity contribution in [2.75, 3.05) is 0 Å². The highest BCUT2D eigenvalue weighted by atomic mass is 31.2. The molecule has 3 N–H and O–H groups in total. The van der Waals surface area contributed by atoms with Crippen LogP contribution in [0.4, 0.5) is 4.79 Å². The van der Waals surface area contributed by atoms with E-state index in [1.165, 1.54) is 36.7 Å². The first-order chi connectivity index (χ1) is 14.8. The van der Waals surface area contributed by atoms with Crippen molar-refractivity contribution in [3.63, 3.8) is 0 Å². The summed E-state index contributed by atoms with van der Waals surface area (Å²) >= 11 is 0. The van der Waals surface area contributed by atoms with Gasteiger partial charge in [-0.05, 0) is 44.5 Å². The monoisotopic (exact) mass is 487 g/mol. The third-order valence-electron chi connectivity index (χ3n) is 4.49. The molecule has 13 heteroatoms. The van der Waals surface area contributed by atoms with Crippen LogP contribution >= 0.6 is 15.2 Å². The number of carbonyl (C=O) groups is 1. The van der Waals surface area contributed by atoms with Crippen LogP contribution in [0.25, 0.3) is 0 Å². The summed E-state index contributed by atoms with van der Waals surface area (Å²) in [6.45, 7) is 4.88. The Morgan fingerprint density at radius 1 is 1.22 bits per heavy atom. The maximum Gasteiger partial charge on any atom is 0.514 e. The number of hydrogen-bond donors (Lipinski definition) is 3. The first-order valence-corrected chi connectivity index (χ1v) is 12.6. The average molecular weight is 487 g/mol. The number of carbonyl (C=O) groups excluding carboxylic acids is 1. The minimum absolute atomic E-state index is 0.113. The van der Waals surface area contributed by atoms with Crippen molar-refractivity contribution >= 4 is 21.3 Å². The fourth-order valence-corrected chi connectivity index (χ4v) is 6.51. The van der Waals surface area contributed by atoms with Gasteiger partial charge in [0.15, 0.2) is 0 Å². The van der Waals surface area contributed by atoms with Crippen LogP contribution in [0.15, 0.2) is 42.7 Å². The van der Waals surface area contributed by atoms with E-state index >= 15 is 0 Å². The second-order valence-corrected chi connectivity index (χ2v) is 11.8. The van der Waals surface area contributed by atoms with Crippen molar-refractivity contribution < 1.29 is 47.3 Å². The molecule has 1 saturated heterocycles. The molecular formula is C19H23NO10P2. The topological polar surface area (TPSA) is 162 Å². The number of aryl methyl sites for hydroxylation is 1. The van der Waals surface area contributed by atoms with Crippen LogP contribution < -0.4 is 4.74 Å². The van der Waals surface area contributed by atoms with Crippen molar-refractivity contribution in [3.05, 3.63) is 59.4 Å². The van der Waals surface area contributed by atoms with Crippen LogP contribution in [0.5, 0.6) is 5.75 Å². The Morgan fingerprint density at radius 2 is 1.88 bits per heavy atom. The van der Waals surface area contributed by atoms with E-state index < -0.39 is 45.2 Å². The van der Waals surface area contributed by atoms with Gasteiger partial charge in [0.05, 0.1) is 11.7 Å². The number of rotatable bonds is 5. The third-order valence-corrected chi connectivity index (χ3v) is 9.09. The Bertz CT molecular complexity index is 1060. The summed E-state index contributed by atoms with van der Waals surface area (Å²) in [5.74, 6) is -0.177. The number of aromatic nitrogens is 1. The van der Waals surface area contributed by atoms with Gasteiger partial charge in [-0.25, -0.2) is 4.79 Å². The standard InChI is InChI=1S/C19H23NO10P2/c1-12(2)27-18(21)28-16-7-6-13(3)9-15(16)17-29-31(23,24)19(22,32(25,26)30-17)10-14-5-4-8-20-11-14/h4-9,11-12,17,22H,10H2,1-3H3,(H,23,24)(H,25,26). The van der Waals surface area contributed by atoms with Gasteiger partial charge in [-0.15, -0.1) is 0 Å². The molecule has 174 valence electrons. The molecule has 0 amide bonds. The van der Waals surface area contributed by atoms with E-state index in [4.69, 9.17) is 18.5 Å². The summed E-state index contributed by atoms with van der Waals surface area (Å²) in [5, 5.41) is 7.67. The maximum atomic E-state index is 13.0. The molecule has 0 spiro atoms. The summed E-state index contributed by atoms with van der Waals surface area (Å²) in [7, 11) is -10.4. The minimum atomic E-state index is -5.19. The van der Waals surface area contributed by atoms with Crippen LogP contribution in [0.1, 0.15) is 36.8 Å². The highest BCUT2D eigenvalue weighted by Gasteiger charge is 2.67. The number of ether oxygens (including phenoxy) is 2. The van der Waals surface area contributed by atoms with E-state index in [9.17, 15) is 28.8 Å². The quantitative estimate of drug-likeness (QED) is 0.321. The number of benzene rings is 1. The average Bonchev–Trinajstić information content (AvgIpc) is 2.67. The molecule has 3 rings (SSSR count). The Balaban J connectivity index is 1.96. The Hall–Kier alpha value is -2.10. The Kier molecular flexibility index (Phi) is 6.93.